The van der Waals surface area contributed by atoms with E-state index in [1.165, 1.54) is 5.56 Å². The lowest BCUT2D eigenvalue weighted by Crippen LogP contribution is -2.40. The molecule has 0 aromatic heterocycles. The Morgan fingerprint density at radius 3 is 2.42 bits per heavy atom. The molecule has 0 spiro atoms. The molecule has 24 heavy (non-hydrogen) atoms. The molecule has 0 aliphatic rings. The number of benzene rings is 1. The van der Waals surface area contributed by atoms with Gasteiger partial charge >= 0.3 is 0 Å². The first kappa shape index (κ1) is 20.0. The first-order valence-electron chi connectivity index (χ1n) is 8.72. The van der Waals surface area contributed by atoms with E-state index in [1.54, 1.807) is 0 Å². The minimum absolute atomic E-state index is 0.0430. The van der Waals surface area contributed by atoms with Crippen LogP contribution in [0.2, 0.25) is 0 Å². The normalized spacial score (nSPS) is 12.2. The Morgan fingerprint density at radius 2 is 1.83 bits per heavy atom. The average Bonchev–Trinajstić information content (AvgIpc) is 2.53. The third-order valence-corrected chi connectivity index (χ3v) is 3.63. The molecular weight excluding hydrogens is 300 g/mol. The van der Waals surface area contributed by atoms with Crippen LogP contribution >= 0.6 is 0 Å². The smallest absolute Gasteiger partial charge is 0.221 e. The van der Waals surface area contributed by atoms with Crippen LogP contribution in [0.1, 0.15) is 46.6 Å². The number of rotatable bonds is 8. The van der Waals surface area contributed by atoms with E-state index >= 15 is 0 Å². The molecule has 0 atom stereocenters. The SMILES string of the molecule is CCNC(=NCC(C)(C)c1ccccc1)NCCC(=O)NC(C)C. The zero-order chi connectivity index (χ0) is 18.0. The molecule has 0 heterocycles. The van der Waals surface area contributed by atoms with Gasteiger partial charge in [0.1, 0.15) is 0 Å². The van der Waals surface area contributed by atoms with Gasteiger partial charge in [0.25, 0.3) is 0 Å². The van der Waals surface area contributed by atoms with Crippen LogP contribution in [0.25, 0.3) is 0 Å². The molecule has 0 saturated carbocycles. The van der Waals surface area contributed by atoms with Crippen molar-refractivity contribution in [2.75, 3.05) is 19.6 Å². The number of guanidine groups is 1. The van der Waals surface area contributed by atoms with E-state index in [2.05, 4.69) is 59.1 Å². The van der Waals surface area contributed by atoms with Crippen molar-refractivity contribution in [1.29, 1.82) is 0 Å². The summed E-state index contributed by atoms with van der Waals surface area (Å²) in [6, 6.07) is 10.6. The third kappa shape index (κ3) is 7.49. The highest BCUT2D eigenvalue weighted by Crippen LogP contribution is 2.22. The van der Waals surface area contributed by atoms with Gasteiger partial charge in [-0.3, -0.25) is 9.79 Å². The van der Waals surface area contributed by atoms with Gasteiger partial charge in [-0.1, -0.05) is 44.2 Å². The van der Waals surface area contributed by atoms with Gasteiger partial charge in [-0.25, -0.2) is 0 Å². The molecule has 1 aromatic rings. The van der Waals surface area contributed by atoms with E-state index < -0.39 is 0 Å². The third-order valence-electron chi connectivity index (χ3n) is 3.63. The van der Waals surface area contributed by atoms with Gasteiger partial charge < -0.3 is 16.0 Å². The molecule has 5 nitrogen and oxygen atoms in total. The number of amides is 1. The maximum atomic E-state index is 11.7. The fourth-order valence-electron chi connectivity index (χ4n) is 2.29. The Kier molecular flexibility index (Phi) is 8.30. The van der Waals surface area contributed by atoms with Crippen molar-refractivity contribution in [2.45, 2.75) is 52.5 Å². The minimum Gasteiger partial charge on any atom is -0.357 e. The van der Waals surface area contributed by atoms with Gasteiger partial charge in [-0.2, -0.15) is 0 Å². The van der Waals surface area contributed by atoms with Crippen molar-refractivity contribution >= 4 is 11.9 Å². The van der Waals surface area contributed by atoms with Gasteiger partial charge in [0.15, 0.2) is 5.96 Å². The summed E-state index contributed by atoms with van der Waals surface area (Å²) in [5.74, 6) is 0.803. The van der Waals surface area contributed by atoms with Crippen molar-refractivity contribution < 1.29 is 4.79 Å². The van der Waals surface area contributed by atoms with Crippen LogP contribution in [0.5, 0.6) is 0 Å². The summed E-state index contributed by atoms with van der Waals surface area (Å²) in [6.45, 7) is 12.4. The topological polar surface area (TPSA) is 65.5 Å². The lowest BCUT2D eigenvalue weighted by Gasteiger charge is -2.24. The Labute approximate surface area is 146 Å². The summed E-state index contributed by atoms with van der Waals surface area (Å²) in [5, 5.41) is 9.34. The van der Waals surface area contributed by atoms with Crippen LogP contribution in [0.15, 0.2) is 35.3 Å². The highest BCUT2D eigenvalue weighted by Gasteiger charge is 2.20. The van der Waals surface area contributed by atoms with Crippen LogP contribution in [0.4, 0.5) is 0 Å². The first-order valence-corrected chi connectivity index (χ1v) is 8.72. The highest BCUT2D eigenvalue weighted by molar-refractivity contribution is 5.81. The molecule has 0 aliphatic carbocycles. The van der Waals surface area contributed by atoms with Gasteiger partial charge in [0, 0.05) is 31.0 Å². The van der Waals surface area contributed by atoms with E-state index in [-0.39, 0.29) is 17.4 Å². The quantitative estimate of drug-likeness (QED) is 0.506. The Balaban J connectivity index is 2.57. The summed E-state index contributed by atoms with van der Waals surface area (Å²) in [7, 11) is 0. The summed E-state index contributed by atoms with van der Waals surface area (Å²) in [5.41, 5.74) is 1.22. The summed E-state index contributed by atoms with van der Waals surface area (Å²) in [4.78, 5) is 16.4. The molecule has 1 aromatic carbocycles. The first-order chi connectivity index (χ1) is 11.3. The molecule has 3 N–H and O–H groups in total. The van der Waals surface area contributed by atoms with Gasteiger partial charge in [-0.05, 0) is 26.3 Å². The lowest BCUT2D eigenvalue weighted by molar-refractivity contribution is -0.121. The number of carbonyl (C=O) groups is 1. The zero-order valence-corrected chi connectivity index (χ0v) is 15.6. The highest BCUT2D eigenvalue weighted by atomic mass is 16.1. The second-order valence-corrected chi connectivity index (χ2v) is 6.84. The van der Waals surface area contributed by atoms with Gasteiger partial charge in [0.05, 0.1) is 6.54 Å². The predicted octanol–water partition coefficient (Wildman–Crippen LogP) is 2.43. The monoisotopic (exact) mass is 332 g/mol. The molecule has 0 bridgehead atoms. The number of aliphatic imine (C=N–C) groups is 1. The maximum absolute atomic E-state index is 11.7. The molecule has 0 unspecified atom stereocenters. The van der Waals surface area contributed by atoms with Crippen LogP contribution in [0.3, 0.4) is 0 Å². The molecule has 1 amide bonds. The molecule has 134 valence electrons. The maximum Gasteiger partial charge on any atom is 0.221 e. The summed E-state index contributed by atoms with van der Waals surface area (Å²) in [6.07, 6.45) is 0.435. The largest absolute Gasteiger partial charge is 0.357 e. The fraction of sp³-hybridized carbons (Fsp3) is 0.579. The Morgan fingerprint density at radius 1 is 1.17 bits per heavy atom. The summed E-state index contributed by atoms with van der Waals surface area (Å²) < 4.78 is 0. The Bertz CT molecular complexity index is 523. The number of nitrogens with zero attached hydrogens (tertiary/aromatic N) is 1. The number of hydrogen-bond donors (Lipinski definition) is 3. The van der Waals surface area contributed by atoms with Crippen LogP contribution in [-0.2, 0) is 10.2 Å². The van der Waals surface area contributed by atoms with Crippen LogP contribution in [0, 0.1) is 0 Å². The van der Waals surface area contributed by atoms with Crippen LogP contribution in [-0.4, -0.2) is 37.5 Å². The van der Waals surface area contributed by atoms with Crippen molar-refractivity contribution in [3.63, 3.8) is 0 Å². The van der Waals surface area contributed by atoms with Crippen molar-refractivity contribution in [3.8, 4) is 0 Å². The van der Waals surface area contributed by atoms with E-state index in [0.717, 1.165) is 12.5 Å². The van der Waals surface area contributed by atoms with Crippen molar-refractivity contribution in [1.82, 2.24) is 16.0 Å². The van der Waals surface area contributed by atoms with Gasteiger partial charge in [0.2, 0.25) is 5.91 Å². The second-order valence-electron chi connectivity index (χ2n) is 6.84. The lowest BCUT2D eigenvalue weighted by atomic mass is 9.85. The van der Waals surface area contributed by atoms with E-state index in [1.807, 2.05) is 26.8 Å². The van der Waals surface area contributed by atoms with Crippen LogP contribution < -0.4 is 16.0 Å². The number of nitrogens with one attached hydrogen (secondary N) is 3. The van der Waals surface area contributed by atoms with E-state index in [9.17, 15) is 4.79 Å². The zero-order valence-electron chi connectivity index (χ0n) is 15.6. The molecule has 5 heteroatoms. The standard InChI is InChI=1S/C19H32N4O/c1-6-20-18(21-13-12-17(24)23-15(2)3)22-14-19(4,5)16-10-8-7-9-11-16/h7-11,15H,6,12-14H2,1-5H3,(H,23,24)(H2,20,21,22). The predicted molar refractivity (Wildman–Crippen MR) is 101 cm³/mol. The number of carbonyl (C=O) groups excluding carboxylic acids is 1. The molecule has 0 aliphatic heterocycles. The minimum atomic E-state index is -0.0430. The summed E-state index contributed by atoms with van der Waals surface area (Å²) >= 11 is 0. The van der Waals surface area contributed by atoms with E-state index in [0.29, 0.717) is 19.5 Å². The molecule has 0 radical (unpaired) electrons. The molecule has 1 rings (SSSR count). The molecular formula is C19H32N4O. The molecule has 0 saturated heterocycles. The molecule has 0 fully saturated rings. The van der Waals surface area contributed by atoms with Gasteiger partial charge in [-0.15, -0.1) is 0 Å². The average molecular weight is 332 g/mol. The van der Waals surface area contributed by atoms with E-state index in [4.69, 9.17) is 0 Å². The Hall–Kier alpha value is -2.04. The number of hydrogen-bond acceptors (Lipinski definition) is 2. The second kappa shape index (κ2) is 9.96. The van der Waals surface area contributed by atoms with Crippen molar-refractivity contribution in [2.24, 2.45) is 4.99 Å². The van der Waals surface area contributed by atoms with Crippen molar-refractivity contribution in [3.05, 3.63) is 35.9 Å². The fourth-order valence-corrected chi connectivity index (χ4v) is 2.29.